The number of carbonyl (C=O) groups excluding carboxylic acids is 1. The molecule has 0 aliphatic carbocycles. The number of amides is 1. The molecule has 1 unspecified atom stereocenters. The molecule has 3 rings (SSSR count). The van der Waals surface area contributed by atoms with Gasteiger partial charge in [-0.25, -0.2) is 0 Å². The Morgan fingerprint density at radius 2 is 1.91 bits per heavy atom. The first-order valence-electron chi connectivity index (χ1n) is 8.19. The third-order valence-corrected chi connectivity index (χ3v) is 4.90. The Hall–Kier alpha value is -1.10. The lowest BCUT2D eigenvalue weighted by Crippen LogP contribution is -2.51. The van der Waals surface area contributed by atoms with Gasteiger partial charge in [-0.1, -0.05) is 23.7 Å². The smallest absolute Gasteiger partial charge is 0.227 e. The molecule has 1 N–H and O–H groups in total. The predicted molar refractivity (Wildman–Crippen MR) is 88.9 cm³/mol. The molecule has 1 aromatic rings. The summed E-state index contributed by atoms with van der Waals surface area (Å²) in [5, 5.41) is 4.11. The fourth-order valence-corrected chi connectivity index (χ4v) is 3.42. The molecule has 0 aromatic heterocycles. The van der Waals surface area contributed by atoms with E-state index in [0.29, 0.717) is 5.91 Å². The molecular weight excluding hydrogens is 298 g/mol. The van der Waals surface area contributed by atoms with Crippen molar-refractivity contribution < 1.29 is 4.79 Å². The summed E-state index contributed by atoms with van der Waals surface area (Å²) in [6.45, 7) is 6.45. The Labute approximate surface area is 137 Å². The molecule has 0 bridgehead atoms. The van der Waals surface area contributed by atoms with Crippen molar-refractivity contribution in [3.05, 3.63) is 34.9 Å². The van der Waals surface area contributed by atoms with Crippen molar-refractivity contribution in [3.63, 3.8) is 0 Å². The molecule has 5 heteroatoms. The number of nitrogens with one attached hydrogen (secondary N) is 1. The first-order chi connectivity index (χ1) is 10.7. The molecule has 4 nitrogen and oxygen atoms in total. The maximum Gasteiger partial charge on any atom is 0.227 e. The zero-order valence-corrected chi connectivity index (χ0v) is 13.7. The van der Waals surface area contributed by atoms with Gasteiger partial charge in [-0.05, 0) is 37.1 Å². The summed E-state index contributed by atoms with van der Waals surface area (Å²) in [6.07, 6.45) is 2.16. The van der Waals surface area contributed by atoms with E-state index in [1.54, 1.807) is 0 Å². The number of nitrogens with zero attached hydrogens (tertiary/aromatic N) is 2. The van der Waals surface area contributed by atoms with Crippen molar-refractivity contribution in [2.75, 3.05) is 39.3 Å². The average Bonchev–Trinajstić information content (AvgIpc) is 2.58. The van der Waals surface area contributed by atoms with Crippen LogP contribution in [0.4, 0.5) is 0 Å². The van der Waals surface area contributed by atoms with Crippen molar-refractivity contribution in [1.29, 1.82) is 0 Å². The van der Waals surface area contributed by atoms with Crippen LogP contribution in [0.1, 0.15) is 18.4 Å². The number of benzene rings is 1. The number of rotatable bonds is 3. The fourth-order valence-electron chi connectivity index (χ4n) is 3.30. The Bertz CT molecular complexity index is 491. The van der Waals surface area contributed by atoms with E-state index in [4.69, 9.17) is 11.6 Å². The third-order valence-electron chi connectivity index (χ3n) is 4.65. The van der Waals surface area contributed by atoms with E-state index in [1.807, 2.05) is 12.1 Å². The van der Waals surface area contributed by atoms with Gasteiger partial charge in [-0.2, -0.15) is 0 Å². The van der Waals surface area contributed by atoms with Crippen LogP contribution in [-0.2, 0) is 11.3 Å². The van der Waals surface area contributed by atoms with E-state index >= 15 is 0 Å². The number of halogens is 1. The monoisotopic (exact) mass is 321 g/mol. The molecule has 0 radical (unpaired) electrons. The van der Waals surface area contributed by atoms with Gasteiger partial charge in [0.15, 0.2) is 0 Å². The molecule has 1 atom stereocenters. The highest BCUT2D eigenvalue weighted by molar-refractivity contribution is 6.30. The molecule has 2 fully saturated rings. The molecule has 120 valence electrons. The van der Waals surface area contributed by atoms with Crippen molar-refractivity contribution in [1.82, 2.24) is 15.1 Å². The lowest BCUT2D eigenvalue weighted by molar-refractivity contribution is -0.137. The molecular formula is C17H24ClN3O. The predicted octanol–water partition coefficient (Wildman–Crippen LogP) is 1.98. The fraction of sp³-hybridized carbons (Fsp3) is 0.588. The molecule has 2 aliphatic rings. The van der Waals surface area contributed by atoms with Crippen LogP contribution in [0.15, 0.2) is 24.3 Å². The molecule has 2 heterocycles. The van der Waals surface area contributed by atoms with Crippen molar-refractivity contribution in [2.45, 2.75) is 19.4 Å². The second-order valence-electron chi connectivity index (χ2n) is 6.27. The first kappa shape index (κ1) is 15.8. The molecule has 0 saturated carbocycles. The van der Waals surface area contributed by atoms with E-state index in [1.165, 1.54) is 5.56 Å². The highest BCUT2D eigenvalue weighted by Crippen LogP contribution is 2.16. The number of hydrogen-bond acceptors (Lipinski definition) is 3. The summed E-state index contributed by atoms with van der Waals surface area (Å²) < 4.78 is 0. The van der Waals surface area contributed by atoms with Crippen LogP contribution in [0.5, 0.6) is 0 Å². The summed E-state index contributed by atoms with van der Waals surface area (Å²) in [7, 11) is 0. The van der Waals surface area contributed by atoms with Crippen molar-refractivity contribution in [2.24, 2.45) is 5.92 Å². The minimum Gasteiger partial charge on any atom is -0.340 e. The summed E-state index contributed by atoms with van der Waals surface area (Å²) in [4.78, 5) is 17.0. The first-order valence-corrected chi connectivity index (χ1v) is 8.56. The van der Waals surface area contributed by atoms with E-state index in [0.717, 1.165) is 63.7 Å². The van der Waals surface area contributed by atoms with Crippen LogP contribution in [0.2, 0.25) is 5.02 Å². The second-order valence-corrected chi connectivity index (χ2v) is 6.71. The van der Waals surface area contributed by atoms with E-state index < -0.39 is 0 Å². The minimum absolute atomic E-state index is 0.191. The Morgan fingerprint density at radius 3 is 2.55 bits per heavy atom. The van der Waals surface area contributed by atoms with Gasteiger partial charge in [0.05, 0.1) is 5.92 Å². The highest BCUT2D eigenvalue weighted by atomic mass is 35.5. The van der Waals surface area contributed by atoms with Crippen molar-refractivity contribution >= 4 is 17.5 Å². The molecule has 2 saturated heterocycles. The van der Waals surface area contributed by atoms with Crippen molar-refractivity contribution in [3.8, 4) is 0 Å². The third kappa shape index (κ3) is 4.00. The number of piperidine rings is 1. The molecule has 2 aliphatic heterocycles. The van der Waals surface area contributed by atoms with Gasteiger partial charge in [-0.15, -0.1) is 0 Å². The van der Waals surface area contributed by atoms with Gasteiger partial charge in [-0.3, -0.25) is 9.69 Å². The Kier molecular flexibility index (Phi) is 5.34. The van der Waals surface area contributed by atoms with E-state index in [2.05, 4.69) is 27.2 Å². The standard InChI is InChI=1S/C17H24ClN3O/c18-16-5-3-14(4-6-16)13-20-8-10-21(11-9-20)17(22)15-2-1-7-19-12-15/h3-6,15,19H,1-2,7-13H2. The van der Waals surface area contributed by atoms with Gasteiger partial charge in [0.25, 0.3) is 0 Å². The molecule has 1 amide bonds. The summed E-state index contributed by atoms with van der Waals surface area (Å²) >= 11 is 5.92. The second kappa shape index (κ2) is 7.44. The van der Waals surface area contributed by atoms with Crippen LogP contribution < -0.4 is 5.32 Å². The average molecular weight is 322 g/mol. The minimum atomic E-state index is 0.191. The van der Waals surface area contributed by atoms with Gasteiger partial charge >= 0.3 is 0 Å². The van der Waals surface area contributed by atoms with E-state index in [-0.39, 0.29) is 5.92 Å². The maximum atomic E-state index is 12.5. The topological polar surface area (TPSA) is 35.6 Å². The quantitative estimate of drug-likeness (QED) is 0.924. The zero-order chi connectivity index (χ0) is 15.4. The summed E-state index contributed by atoms with van der Waals surface area (Å²) in [5.74, 6) is 0.537. The van der Waals surface area contributed by atoms with Crippen LogP contribution in [-0.4, -0.2) is 55.0 Å². The van der Waals surface area contributed by atoms with Gasteiger partial charge in [0.2, 0.25) is 5.91 Å². The number of carbonyl (C=O) groups is 1. The Morgan fingerprint density at radius 1 is 1.18 bits per heavy atom. The van der Waals surface area contributed by atoms with Gasteiger partial charge in [0.1, 0.15) is 0 Å². The maximum absolute atomic E-state index is 12.5. The largest absolute Gasteiger partial charge is 0.340 e. The normalized spacial score (nSPS) is 23.5. The Balaban J connectivity index is 1.47. The lowest BCUT2D eigenvalue weighted by atomic mass is 9.98. The number of piperazine rings is 1. The van der Waals surface area contributed by atoms with Crippen LogP contribution >= 0.6 is 11.6 Å². The molecule has 22 heavy (non-hydrogen) atoms. The SMILES string of the molecule is O=C(C1CCCNC1)N1CCN(Cc2ccc(Cl)cc2)CC1. The van der Waals surface area contributed by atoms with Gasteiger partial charge < -0.3 is 10.2 Å². The highest BCUT2D eigenvalue weighted by Gasteiger charge is 2.28. The number of hydrogen-bond donors (Lipinski definition) is 1. The summed E-state index contributed by atoms with van der Waals surface area (Å²) in [5.41, 5.74) is 1.28. The summed E-state index contributed by atoms with van der Waals surface area (Å²) in [6, 6.07) is 8.03. The van der Waals surface area contributed by atoms with Crippen LogP contribution in [0.3, 0.4) is 0 Å². The molecule has 0 spiro atoms. The van der Waals surface area contributed by atoms with Crippen LogP contribution in [0, 0.1) is 5.92 Å². The lowest BCUT2D eigenvalue weighted by Gasteiger charge is -2.37. The van der Waals surface area contributed by atoms with Gasteiger partial charge in [0, 0.05) is 44.3 Å². The van der Waals surface area contributed by atoms with Crippen LogP contribution in [0.25, 0.3) is 0 Å². The van der Waals surface area contributed by atoms with E-state index in [9.17, 15) is 4.79 Å². The zero-order valence-electron chi connectivity index (χ0n) is 12.9. The molecule has 1 aromatic carbocycles.